The zero-order chi connectivity index (χ0) is 22.7. The molecular weight excluding hydrogens is 434 g/mol. The van der Waals surface area contributed by atoms with E-state index < -0.39 is 10.7 Å². The van der Waals surface area contributed by atoms with Gasteiger partial charge in [-0.25, -0.2) is 9.78 Å². The van der Waals surface area contributed by atoms with Gasteiger partial charge in [-0.05, 0) is 37.8 Å². The molecule has 3 aromatic rings. The van der Waals surface area contributed by atoms with Gasteiger partial charge in [-0.1, -0.05) is 6.92 Å². The van der Waals surface area contributed by atoms with Crippen LogP contribution in [0, 0.1) is 16.0 Å². The lowest BCUT2D eigenvalue weighted by atomic mass is 10.0. The average Bonchev–Trinajstić information content (AvgIpc) is 3.30. The number of benzene rings is 1. The van der Waals surface area contributed by atoms with Gasteiger partial charge in [-0.2, -0.15) is 0 Å². The van der Waals surface area contributed by atoms with Crippen molar-refractivity contribution in [3.05, 3.63) is 49.9 Å². The van der Waals surface area contributed by atoms with Crippen LogP contribution >= 0.6 is 11.3 Å². The maximum Gasteiger partial charge on any atom is 0.419 e. The van der Waals surface area contributed by atoms with E-state index in [1.807, 2.05) is 5.38 Å². The predicted molar refractivity (Wildman–Crippen MR) is 121 cm³/mol. The van der Waals surface area contributed by atoms with E-state index in [2.05, 4.69) is 22.1 Å². The minimum atomic E-state index is -0.600. The number of anilines is 1. The summed E-state index contributed by atoms with van der Waals surface area (Å²) >= 11 is 1.41. The van der Waals surface area contributed by atoms with Crippen molar-refractivity contribution in [3.63, 3.8) is 0 Å². The molecule has 2 aromatic heterocycles. The number of aromatic nitrogens is 2. The number of non-ortho nitro benzene ring substituents is 1. The van der Waals surface area contributed by atoms with Crippen molar-refractivity contribution >= 4 is 39.2 Å². The normalized spacial score (nSPS) is 17.0. The number of carbonyl (C=O) groups is 1. The second kappa shape index (κ2) is 9.61. The molecule has 1 unspecified atom stereocenters. The molecule has 0 radical (unpaired) electrons. The number of amides is 1. The maximum absolute atomic E-state index is 12.3. The lowest BCUT2D eigenvalue weighted by Crippen LogP contribution is -2.33. The molecule has 1 saturated heterocycles. The van der Waals surface area contributed by atoms with E-state index >= 15 is 0 Å². The standard InChI is InChI=1S/C21H25N5O5S/c1-14-4-2-8-24(11-14)12-15-13-32-20(22-15)23-19(27)5-3-9-25-17-7-6-16(26(29)30)10-18(17)31-21(25)28/h6-7,10,13-14H,2-5,8-9,11-12H2,1H3,(H,22,23,27). The highest BCUT2D eigenvalue weighted by molar-refractivity contribution is 7.13. The zero-order valence-electron chi connectivity index (χ0n) is 17.8. The van der Waals surface area contributed by atoms with Crippen LogP contribution in [0.15, 0.2) is 32.8 Å². The van der Waals surface area contributed by atoms with Crippen molar-refractivity contribution in [1.29, 1.82) is 0 Å². The molecule has 1 aliphatic rings. The molecule has 0 saturated carbocycles. The van der Waals surface area contributed by atoms with E-state index in [9.17, 15) is 19.7 Å². The van der Waals surface area contributed by atoms with Gasteiger partial charge in [-0.15, -0.1) is 11.3 Å². The fourth-order valence-corrected chi connectivity index (χ4v) is 4.77. The molecule has 1 atom stereocenters. The van der Waals surface area contributed by atoms with Crippen LogP contribution in [-0.2, 0) is 17.9 Å². The first-order valence-corrected chi connectivity index (χ1v) is 11.5. The number of carbonyl (C=O) groups excluding carboxylic acids is 1. The summed E-state index contributed by atoms with van der Waals surface area (Å²) < 4.78 is 6.49. The molecule has 3 heterocycles. The summed E-state index contributed by atoms with van der Waals surface area (Å²) in [6, 6.07) is 4.04. The third-order valence-electron chi connectivity index (χ3n) is 5.57. The van der Waals surface area contributed by atoms with E-state index in [1.165, 1.54) is 46.9 Å². The molecule has 1 amide bonds. The van der Waals surface area contributed by atoms with Gasteiger partial charge >= 0.3 is 5.76 Å². The minimum absolute atomic E-state index is 0.143. The summed E-state index contributed by atoms with van der Waals surface area (Å²) in [5, 5.41) is 16.3. The average molecular weight is 460 g/mol. The van der Waals surface area contributed by atoms with Crippen molar-refractivity contribution in [2.45, 2.75) is 45.7 Å². The molecule has 0 bridgehead atoms. The highest BCUT2D eigenvalue weighted by Crippen LogP contribution is 2.22. The van der Waals surface area contributed by atoms with Crippen molar-refractivity contribution in [2.75, 3.05) is 18.4 Å². The highest BCUT2D eigenvalue weighted by atomic mass is 32.1. The number of nitro groups is 1. The second-order valence-corrected chi connectivity index (χ2v) is 9.07. The molecule has 1 fully saturated rings. The first-order chi connectivity index (χ1) is 15.4. The lowest BCUT2D eigenvalue weighted by Gasteiger charge is -2.30. The van der Waals surface area contributed by atoms with Gasteiger partial charge < -0.3 is 9.73 Å². The van der Waals surface area contributed by atoms with Gasteiger partial charge in [0.2, 0.25) is 5.91 Å². The summed E-state index contributed by atoms with van der Waals surface area (Å²) in [5.74, 6) is -0.0667. The summed E-state index contributed by atoms with van der Waals surface area (Å²) in [5.41, 5.74) is 1.45. The summed E-state index contributed by atoms with van der Waals surface area (Å²) in [4.78, 5) is 41.7. The third kappa shape index (κ3) is 5.22. The van der Waals surface area contributed by atoms with Crippen molar-refractivity contribution in [1.82, 2.24) is 14.5 Å². The van der Waals surface area contributed by atoms with Gasteiger partial charge in [0.1, 0.15) is 0 Å². The number of thiazole rings is 1. The first kappa shape index (κ1) is 22.2. The number of fused-ring (bicyclic) bond motifs is 1. The van der Waals surface area contributed by atoms with Crippen molar-refractivity contribution < 1.29 is 14.1 Å². The van der Waals surface area contributed by atoms with Crippen LogP contribution in [0.4, 0.5) is 10.8 Å². The topological polar surface area (TPSA) is 124 Å². The molecule has 32 heavy (non-hydrogen) atoms. The molecule has 4 rings (SSSR count). The number of nitro benzene ring substituents is 1. The highest BCUT2D eigenvalue weighted by Gasteiger charge is 2.18. The van der Waals surface area contributed by atoms with Crippen LogP contribution in [0.25, 0.3) is 11.1 Å². The lowest BCUT2D eigenvalue weighted by molar-refractivity contribution is -0.384. The van der Waals surface area contributed by atoms with E-state index in [0.29, 0.717) is 23.0 Å². The van der Waals surface area contributed by atoms with Crippen LogP contribution in [0.3, 0.4) is 0 Å². The van der Waals surface area contributed by atoms with Crippen LogP contribution in [0.5, 0.6) is 0 Å². The Labute approximate surface area is 188 Å². The molecule has 1 aromatic carbocycles. The van der Waals surface area contributed by atoms with Gasteiger partial charge in [0.15, 0.2) is 10.7 Å². The first-order valence-electron chi connectivity index (χ1n) is 10.6. The van der Waals surface area contributed by atoms with E-state index in [0.717, 1.165) is 25.3 Å². The Balaban J connectivity index is 1.28. The molecular formula is C21H25N5O5S. The Morgan fingerprint density at radius 2 is 2.28 bits per heavy atom. The smallest absolute Gasteiger partial charge is 0.407 e. The summed E-state index contributed by atoms with van der Waals surface area (Å²) in [7, 11) is 0. The number of nitrogens with zero attached hydrogens (tertiary/aromatic N) is 4. The van der Waals surface area contributed by atoms with Crippen molar-refractivity contribution in [3.8, 4) is 0 Å². The van der Waals surface area contributed by atoms with E-state index in [4.69, 9.17) is 4.42 Å². The fraction of sp³-hybridized carbons (Fsp3) is 0.476. The van der Waals surface area contributed by atoms with Gasteiger partial charge in [-0.3, -0.25) is 24.4 Å². The second-order valence-electron chi connectivity index (χ2n) is 8.21. The Kier molecular flexibility index (Phi) is 6.66. The molecule has 170 valence electrons. The quantitative estimate of drug-likeness (QED) is 0.403. The summed E-state index contributed by atoms with van der Waals surface area (Å²) in [6.07, 6.45) is 3.11. The van der Waals surface area contributed by atoms with Crippen LogP contribution in [-0.4, -0.2) is 38.4 Å². The molecule has 1 N–H and O–H groups in total. The van der Waals surface area contributed by atoms with Crippen molar-refractivity contribution in [2.24, 2.45) is 5.92 Å². The number of rotatable bonds is 8. The van der Waals surface area contributed by atoms with Gasteiger partial charge in [0, 0.05) is 37.5 Å². The number of aryl methyl sites for hydroxylation is 1. The largest absolute Gasteiger partial charge is 0.419 e. The van der Waals surface area contributed by atoms with Crippen LogP contribution in [0.2, 0.25) is 0 Å². The Morgan fingerprint density at radius 1 is 1.44 bits per heavy atom. The maximum atomic E-state index is 12.3. The number of likely N-dealkylation sites (tertiary alicyclic amines) is 1. The molecule has 1 aliphatic heterocycles. The van der Waals surface area contributed by atoms with E-state index in [1.54, 1.807) is 0 Å². The predicted octanol–water partition coefficient (Wildman–Crippen LogP) is 3.61. The van der Waals surface area contributed by atoms with E-state index in [-0.39, 0.29) is 30.1 Å². The monoisotopic (exact) mass is 459 g/mol. The SMILES string of the molecule is CC1CCCN(Cc2csc(NC(=O)CCCn3c(=O)oc4cc([N+](=O)[O-])ccc43)n2)C1. The number of hydrogen-bond donors (Lipinski definition) is 1. The number of hydrogen-bond acceptors (Lipinski definition) is 8. The Morgan fingerprint density at radius 3 is 3.06 bits per heavy atom. The van der Waals surface area contributed by atoms with Crippen LogP contribution < -0.4 is 11.1 Å². The molecule has 11 heteroatoms. The Bertz CT molecular complexity index is 1180. The van der Waals surface area contributed by atoms with Gasteiger partial charge in [0.05, 0.1) is 22.2 Å². The van der Waals surface area contributed by atoms with Gasteiger partial charge in [0.25, 0.3) is 5.69 Å². The zero-order valence-corrected chi connectivity index (χ0v) is 18.6. The molecule has 0 aliphatic carbocycles. The molecule has 10 nitrogen and oxygen atoms in total. The number of piperidine rings is 1. The fourth-order valence-electron chi connectivity index (χ4n) is 4.06. The summed E-state index contributed by atoms with van der Waals surface area (Å²) in [6.45, 7) is 5.50. The Hall–Kier alpha value is -3.05. The number of nitrogens with one attached hydrogen (secondary N) is 1. The van der Waals surface area contributed by atoms with Crippen LogP contribution in [0.1, 0.15) is 38.3 Å². The number of oxazole rings is 1. The third-order valence-corrected chi connectivity index (χ3v) is 6.38. The molecule has 0 spiro atoms. The minimum Gasteiger partial charge on any atom is -0.407 e.